The highest BCUT2D eigenvalue weighted by Gasteiger charge is 2.09. The van der Waals surface area contributed by atoms with Gasteiger partial charge in [0.2, 0.25) is 5.13 Å². The molecule has 0 saturated heterocycles. The molecular formula is C10H6N4O2S2. The van der Waals surface area contributed by atoms with Gasteiger partial charge in [-0.25, -0.2) is 4.79 Å². The Morgan fingerprint density at radius 1 is 1.33 bits per heavy atom. The summed E-state index contributed by atoms with van der Waals surface area (Å²) in [6.45, 7) is 0. The number of benzene rings is 1. The number of nitrogens with one attached hydrogen (secondary N) is 1. The zero-order valence-electron chi connectivity index (χ0n) is 8.82. The lowest BCUT2D eigenvalue weighted by atomic mass is 10.2. The minimum Gasteiger partial charge on any atom is -0.465 e. The molecule has 2 N–H and O–H groups in total. The largest absolute Gasteiger partial charge is 0.465 e. The Labute approximate surface area is 109 Å². The van der Waals surface area contributed by atoms with Crippen LogP contribution >= 0.6 is 22.9 Å². The van der Waals surface area contributed by atoms with Gasteiger partial charge in [-0.3, -0.25) is 5.32 Å². The minimum atomic E-state index is -1.14. The second kappa shape index (κ2) is 4.31. The van der Waals surface area contributed by atoms with Crippen LogP contribution in [-0.2, 0) is 0 Å². The van der Waals surface area contributed by atoms with Crippen molar-refractivity contribution in [3.63, 3.8) is 0 Å². The Morgan fingerprint density at radius 3 is 3.06 bits per heavy atom. The Morgan fingerprint density at radius 2 is 2.22 bits per heavy atom. The summed E-state index contributed by atoms with van der Waals surface area (Å²) in [4.78, 5) is 10.5. The third kappa shape index (κ3) is 2.03. The van der Waals surface area contributed by atoms with E-state index in [9.17, 15) is 4.79 Å². The molecule has 0 radical (unpaired) electrons. The molecule has 0 aliphatic rings. The van der Waals surface area contributed by atoms with Gasteiger partial charge in [-0.15, -0.1) is 10.2 Å². The lowest BCUT2D eigenvalue weighted by Gasteiger charge is -1.94. The molecule has 8 heteroatoms. The van der Waals surface area contributed by atoms with Gasteiger partial charge >= 0.3 is 6.09 Å². The average molecular weight is 278 g/mol. The topological polar surface area (TPSA) is 88.0 Å². The molecule has 90 valence electrons. The van der Waals surface area contributed by atoms with Crippen molar-refractivity contribution in [3.8, 4) is 10.6 Å². The van der Waals surface area contributed by atoms with Crippen molar-refractivity contribution < 1.29 is 9.90 Å². The number of nitrogens with zero attached hydrogens (tertiary/aromatic N) is 3. The molecule has 0 fully saturated rings. The van der Waals surface area contributed by atoms with Crippen molar-refractivity contribution in [2.75, 3.05) is 5.32 Å². The Balaban J connectivity index is 1.97. The fraction of sp³-hybridized carbons (Fsp3) is 0. The molecule has 0 spiro atoms. The van der Waals surface area contributed by atoms with E-state index in [0.29, 0.717) is 5.01 Å². The van der Waals surface area contributed by atoms with Crippen LogP contribution in [-0.4, -0.2) is 25.8 Å². The predicted molar refractivity (Wildman–Crippen MR) is 70.2 cm³/mol. The van der Waals surface area contributed by atoms with Crippen LogP contribution in [0.4, 0.5) is 9.93 Å². The number of anilines is 1. The van der Waals surface area contributed by atoms with Gasteiger partial charge in [-0.05, 0) is 17.6 Å². The third-order valence-corrected chi connectivity index (χ3v) is 3.89. The molecule has 2 aromatic heterocycles. The Bertz CT molecular complexity index is 721. The first-order chi connectivity index (χ1) is 8.72. The summed E-state index contributed by atoms with van der Waals surface area (Å²) in [5, 5.41) is 20.5. The number of fused-ring (bicyclic) bond motifs is 1. The first-order valence-electron chi connectivity index (χ1n) is 4.90. The van der Waals surface area contributed by atoms with E-state index in [-0.39, 0.29) is 5.13 Å². The number of carboxylic acid groups (broad SMARTS) is 1. The van der Waals surface area contributed by atoms with Crippen LogP contribution in [0.15, 0.2) is 24.4 Å². The van der Waals surface area contributed by atoms with Gasteiger partial charge < -0.3 is 5.11 Å². The van der Waals surface area contributed by atoms with E-state index in [1.807, 2.05) is 18.2 Å². The second-order valence-corrected chi connectivity index (χ2v) is 5.23. The maximum absolute atomic E-state index is 10.5. The summed E-state index contributed by atoms with van der Waals surface area (Å²) in [6, 6.07) is 5.85. The molecule has 1 aromatic carbocycles. The number of hydrogen-bond acceptors (Lipinski definition) is 6. The number of amides is 1. The second-order valence-electron chi connectivity index (χ2n) is 3.42. The number of carbonyl (C=O) groups is 1. The van der Waals surface area contributed by atoms with Gasteiger partial charge in [-0.1, -0.05) is 23.5 Å². The van der Waals surface area contributed by atoms with Crippen molar-refractivity contribution in [1.29, 1.82) is 0 Å². The van der Waals surface area contributed by atoms with Crippen LogP contribution < -0.4 is 5.32 Å². The smallest absolute Gasteiger partial charge is 0.411 e. The molecule has 3 rings (SSSR count). The van der Waals surface area contributed by atoms with Crippen LogP contribution in [0.1, 0.15) is 0 Å². The van der Waals surface area contributed by atoms with Crippen LogP contribution in [0.3, 0.4) is 0 Å². The van der Waals surface area contributed by atoms with Crippen LogP contribution in [0.5, 0.6) is 0 Å². The van der Waals surface area contributed by atoms with Crippen molar-refractivity contribution >= 4 is 44.2 Å². The van der Waals surface area contributed by atoms with Gasteiger partial charge in [0, 0.05) is 17.1 Å². The van der Waals surface area contributed by atoms with Gasteiger partial charge in [0.25, 0.3) is 0 Å². The van der Waals surface area contributed by atoms with Gasteiger partial charge in [0.05, 0.1) is 4.70 Å². The standard InChI is InChI=1S/C10H6N4O2S2/c15-10(16)12-9-14-13-8(17-9)5-1-2-6-4-11-18-7(6)3-5/h1-4H,(H,12,14)(H,15,16). The average Bonchev–Trinajstić information content (AvgIpc) is 2.95. The highest BCUT2D eigenvalue weighted by molar-refractivity contribution is 7.18. The summed E-state index contributed by atoms with van der Waals surface area (Å²) in [5.74, 6) is 0. The van der Waals surface area contributed by atoms with Crippen LogP contribution in [0.2, 0.25) is 0 Å². The third-order valence-electron chi connectivity index (χ3n) is 2.24. The number of hydrogen-bond donors (Lipinski definition) is 2. The van der Waals surface area contributed by atoms with Gasteiger partial charge in [0.1, 0.15) is 5.01 Å². The monoisotopic (exact) mass is 278 g/mol. The lowest BCUT2D eigenvalue weighted by molar-refractivity contribution is 0.209. The molecule has 0 aliphatic carbocycles. The fourth-order valence-electron chi connectivity index (χ4n) is 1.47. The molecule has 0 saturated carbocycles. The molecule has 1 amide bonds. The van der Waals surface area contributed by atoms with Crippen molar-refractivity contribution in [2.45, 2.75) is 0 Å². The maximum Gasteiger partial charge on any atom is 0.411 e. The summed E-state index contributed by atoms with van der Waals surface area (Å²) in [6.07, 6.45) is 0.664. The maximum atomic E-state index is 10.5. The molecule has 2 heterocycles. The first-order valence-corrected chi connectivity index (χ1v) is 6.49. The molecule has 18 heavy (non-hydrogen) atoms. The summed E-state index contributed by atoms with van der Waals surface area (Å²) < 4.78 is 5.16. The van der Waals surface area contributed by atoms with E-state index in [4.69, 9.17) is 5.11 Å². The normalized spacial score (nSPS) is 10.7. The van der Waals surface area contributed by atoms with Crippen molar-refractivity contribution in [3.05, 3.63) is 24.4 Å². The molecule has 3 aromatic rings. The summed E-state index contributed by atoms with van der Waals surface area (Å²) >= 11 is 2.61. The van der Waals surface area contributed by atoms with E-state index in [0.717, 1.165) is 15.6 Å². The zero-order valence-corrected chi connectivity index (χ0v) is 10.5. The highest BCUT2D eigenvalue weighted by atomic mass is 32.1. The van der Waals surface area contributed by atoms with E-state index < -0.39 is 6.09 Å². The van der Waals surface area contributed by atoms with Gasteiger partial charge in [0.15, 0.2) is 0 Å². The fourth-order valence-corrected chi connectivity index (χ4v) is 2.89. The molecular weight excluding hydrogens is 272 g/mol. The first kappa shape index (κ1) is 11.1. The molecule has 6 nitrogen and oxygen atoms in total. The molecule has 0 atom stereocenters. The van der Waals surface area contributed by atoms with E-state index in [2.05, 4.69) is 19.9 Å². The van der Waals surface area contributed by atoms with Crippen LogP contribution in [0.25, 0.3) is 20.7 Å². The van der Waals surface area contributed by atoms with Gasteiger partial charge in [-0.2, -0.15) is 4.37 Å². The lowest BCUT2D eigenvalue weighted by Crippen LogP contribution is -2.06. The van der Waals surface area contributed by atoms with E-state index in [1.54, 1.807) is 6.20 Å². The van der Waals surface area contributed by atoms with E-state index >= 15 is 0 Å². The zero-order chi connectivity index (χ0) is 12.5. The van der Waals surface area contributed by atoms with Crippen molar-refractivity contribution in [1.82, 2.24) is 14.6 Å². The van der Waals surface area contributed by atoms with Crippen molar-refractivity contribution in [2.24, 2.45) is 0 Å². The number of rotatable bonds is 2. The predicted octanol–water partition coefficient (Wildman–Crippen LogP) is 2.90. The quantitative estimate of drug-likeness (QED) is 0.752. The van der Waals surface area contributed by atoms with Crippen LogP contribution in [0, 0.1) is 0 Å². The molecule has 0 aliphatic heterocycles. The Kier molecular flexibility index (Phi) is 2.65. The minimum absolute atomic E-state index is 0.266. The summed E-state index contributed by atoms with van der Waals surface area (Å²) in [5.41, 5.74) is 0.905. The summed E-state index contributed by atoms with van der Waals surface area (Å²) in [7, 11) is 0. The molecule has 0 bridgehead atoms. The number of aromatic nitrogens is 3. The highest BCUT2D eigenvalue weighted by Crippen LogP contribution is 2.29. The molecule has 0 unspecified atom stereocenters. The Hall–Kier alpha value is -2.06. The SMILES string of the molecule is O=C(O)Nc1nnc(-c2ccc3cnsc3c2)s1. The van der Waals surface area contributed by atoms with E-state index in [1.165, 1.54) is 22.9 Å².